The quantitative estimate of drug-likeness (QED) is 0.735. The lowest BCUT2D eigenvalue weighted by molar-refractivity contribution is 0.731. The molecule has 4 heteroatoms. The van der Waals surface area contributed by atoms with Gasteiger partial charge in [-0.1, -0.05) is 13.8 Å². The van der Waals surface area contributed by atoms with E-state index in [1.165, 1.54) is 0 Å². The molecule has 4 nitrogen and oxygen atoms in total. The minimum absolute atomic E-state index is 0.240. The van der Waals surface area contributed by atoms with Crippen molar-refractivity contribution in [3.8, 4) is 6.07 Å². The fourth-order valence-electron chi connectivity index (χ4n) is 1.46. The van der Waals surface area contributed by atoms with Crippen LogP contribution in [0.4, 0.5) is 5.82 Å². The van der Waals surface area contributed by atoms with Crippen molar-refractivity contribution in [2.45, 2.75) is 26.7 Å². The molecule has 15 heavy (non-hydrogen) atoms. The van der Waals surface area contributed by atoms with Crippen LogP contribution in [-0.4, -0.2) is 23.1 Å². The normalized spacial score (nSPS) is 9.67. The highest BCUT2D eigenvalue weighted by Crippen LogP contribution is 2.10. The smallest absolute Gasteiger partial charge is 0.234 e. The third kappa shape index (κ3) is 3.21. The van der Waals surface area contributed by atoms with Crippen LogP contribution in [0.1, 0.15) is 32.5 Å². The number of nitrogens with zero attached hydrogens (tertiary/aromatic N) is 4. The Labute approximate surface area is 90.6 Å². The van der Waals surface area contributed by atoms with Crippen LogP contribution in [0.2, 0.25) is 0 Å². The zero-order chi connectivity index (χ0) is 11.1. The number of hydrogen-bond donors (Lipinski definition) is 0. The first kappa shape index (κ1) is 11.4. The van der Waals surface area contributed by atoms with E-state index in [-0.39, 0.29) is 5.82 Å². The number of aromatic nitrogens is 2. The van der Waals surface area contributed by atoms with Gasteiger partial charge in [-0.3, -0.25) is 0 Å². The molecule has 0 aliphatic heterocycles. The van der Waals surface area contributed by atoms with Gasteiger partial charge in [0.05, 0.1) is 0 Å². The third-order valence-electron chi connectivity index (χ3n) is 2.05. The highest BCUT2D eigenvalue weighted by atomic mass is 15.2. The van der Waals surface area contributed by atoms with Crippen LogP contribution < -0.4 is 4.90 Å². The van der Waals surface area contributed by atoms with E-state index >= 15 is 0 Å². The summed E-state index contributed by atoms with van der Waals surface area (Å²) in [6.07, 6.45) is 3.79. The van der Waals surface area contributed by atoms with E-state index in [0.717, 1.165) is 31.7 Å². The molecule has 1 aromatic rings. The number of hydrogen-bond acceptors (Lipinski definition) is 4. The van der Waals surface area contributed by atoms with Gasteiger partial charge in [-0.15, -0.1) is 0 Å². The zero-order valence-electron chi connectivity index (χ0n) is 9.27. The second kappa shape index (κ2) is 5.97. The first-order chi connectivity index (χ1) is 7.31. The summed E-state index contributed by atoms with van der Waals surface area (Å²) in [4.78, 5) is 10.2. The molecule has 0 saturated heterocycles. The summed E-state index contributed by atoms with van der Waals surface area (Å²) in [5.74, 6) is 1.09. The molecule has 0 N–H and O–H groups in total. The number of rotatable bonds is 5. The predicted octanol–water partition coefficient (Wildman–Crippen LogP) is 1.97. The maximum Gasteiger partial charge on any atom is 0.234 e. The second-order valence-corrected chi connectivity index (χ2v) is 3.34. The van der Waals surface area contributed by atoms with Gasteiger partial charge in [0.15, 0.2) is 0 Å². The molecule has 1 heterocycles. The monoisotopic (exact) mass is 204 g/mol. The predicted molar refractivity (Wildman–Crippen MR) is 59.5 cm³/mol. The van der Waals surface area contributed by atoms with E-state index in [1.54, 1.807) is 6.20 Å². The van der Waals surface area contributed by atoms with Gasteiger partial charge in [-0.05, 0) is 18.9 Å². The van der Waals surface area contributed by atoms with Crippen LogP contribution in [0.15, 0.2) is 12.3 Å². The molecule has 0 aliphatic rings. The molecule has 0 spiro atoms. The summed E-state index contributed by atoms with van der Waals surface area (Å²) >= 11 is 0. The van der Waals surface area contributed by atoms with Gasteiger partial charge in [0.25, 0.3) is 0 Å². The van der Waals surface area contributed by atoms with E-state index in [0.29, 0.717) is 0 Å². The van der Waals surface area contributed by atoms with Crippen LogP contribution in [0.5, 0.6) is 0 Å². The van der Waals surface area contributed by atoms with E-state index in [1.807, 2.05) is 12.1 Å². The molecule has 0 bridgehead atoms. The molecule has 0 aliphatic carbocycles. The Kier molecular flexibility index (Phi) is 4.55. The molecule has 0 unspecified atom stereocenters. The molecule has 80 valence electrons. The molecule has 0 saturated carbocycles. The van der Waals surface area contributed by atoms with Gasteiger partial charge in [0.2, 0.25) is 5.82 Å². The standard InChI is InChI=1S/C11H16N4/c1-3-7-15(8-4-2)11-5-6-13-10(9-12)14-11/h5-6H,3-4,7-8H2,1-2H3. The van der Waals surface area contributed by atoms with Gasteiger partial charge >= 0.3 is 0 Å². The van der Waals surface area contributed by atoms with Gasteiger partial charge < -0.3 is 4.90 Å². The summed E-state index contributed by atoms with van der Waals surface area (Å²) in [6, 6.07) is 3.81. The van der Waals surface area contributed by atoms with Gasteiger partial charge in [0.1, 0.15) is 11.9 Å². The summed E-state index contributed by atoms with van der Waals surface area (Å²) in [7, 11) is 0. The van der Waals surface area contributed by atoms with Crippen molar-refractivity contribution in [3.63, 3.8) is 0 Å². The van der Waals surface area contributed by atoms with Crippen molar-refractivity contribution < 1.29 is 0 Å². The highest BCUT2D eigenvalue weighted by Gasteiger charge is 2.06. The van der Waals surface area contributed by atoms with E-state index in [4.69, 9.17) is 5.26 Å². The maximum atomic E-state index is 8.71. The molecular formula is C11H16N4. The minimum Gasteiger partial charge on any atom is -0.357 e. The topological polar surface area (TPSA) is 52.8 Å². The Morgan fingerprint density at radius 1 is 1.33 bits per heavy atom. The fraction of sp³-hybridized carbons (Fsp3) is 0.545. The SMILES string of the molecule is CCCN(CCC)c1ccnc(C#N)n1. The Hall–Kier alpha value is -1.63. The largest absolute Gasteiger partial charge is 0.357 e. The summed E-state index contributed by atoms with van der Waals surface area (Å²) in [6.45, 7) is 6.20. The third-order valence-corrected chi connectivity index (χ3v) is 2.05. The van der Waals surface area contributed by atoms with E-state index in [2.05, 4.69) is 28.7 Å². The first-order valence-electron chi connectivity index (χ1n) is 5.29. The Bertz CT molecular complexity index is 337. The van der Waals surface area contributed by atoms with Crippen molar-refractivity contribution in [3.05, 3.63) is 18.1 Å². The minimum atomic E-state index is 0.240. The van der Waals surface area contributed by atoms with Gasteiger partial charge in [-0.2, -0.15) is 5.26 Å². The lowest BCUT2D eigenvalue weighted by Crippen LogP contribution is -2.26. The summed E-state index contributed by atoms with van der Waals surface area (Å²) < 4.78 is 0. The van der Waals surface area contributed by atoms with Crippen LogP contribution >= 0.6 is 0 Å². The summed E-state index contributed by atoms with van der Waals surface area (Å²) in [5, 5.41) is 8.71. The lowest BCUT2D eigenvalue weighted by atomic mass is 10.3. The fourth-order valence-corrected chi connectivity index (χ4v) is 1.46. The average molecular weight is 204 g/mol. The van der Waals surface area contributed by atoms with Crippen molar-refractivity contribution in [2.75, 3.05) is 18.0 Å². The number of nitriles is 1. The molecule has 0 fully saturated rings. The first-order valence-corrected chi connectivity index (χ1v) is 5.29. The van der Waals surface area contributed by atoms with Crippen LogP contribution in [0, 0.1) is 11.3 Å². The van der Waals surface area contributed by atoms with Crippen LogP contribution in [0.25, 0.3) is 0 Å². The molecule has 1 rings (SSSR count). The molecule has 0 aromatic carbocycles. The molecule has 0 amide bonds. The second-order valence-electron chi connectivity index (χ2n) is 3.34. The summed E-state index contributed by atoms with van der Waals surface area (Å²) in [5.41, 5.74) is 0. The van der Waals surface area contributed by atoms with Gasteiger partial charge in [-0.25, -0.2) is 9.97 Å². The molecule has 0 radical (unpaired) electrons. The van der Waals surface area contributed by atoms with Crippen molar-refractivity contribution >= 4 is 5.82 Å². The van der Waals surface area contributed by atoms with E-state index < -0.39 is 0 Å². The van der Waals surface area contributed by atoms with Crippen LogP contribution in [0.3, 0.4) is 0 Å². The molecular weight excluding hydrogens is 188 g/mol. The Morgan fingerprint density at radius 3 is 2.53 bits per heavy atom. The Morgan fingerprint density at radius 2 is 2.00 bits per heavy atom. The van der Waals surface area contributed by atoms with Crippen molar-refractivity contribution in [1.29, 1.82) is 5.26 Å². The Balaban J connectivity index is 2.85. The van der Waals surface area contributed by atoms with Crippen molar-refractivity contribution in [2.24, 2.45) is 0 Å². The van der Waals surface area contributed by atoms with Crippen LogP contribution in [-0.2, 0) is 0 Å². The molecule has 1 aromatic heterocycles. The highest BCUT2D eigenvalue weighted by molar-refractivity contribution is 5.38. The lowest BCUT2D eigenvalue weighted by Gasteiger charge is -2.22. The van der Waals surface area contributed by atoms with E-state index in [9.17, 15) is 0 Å². The molecule has 0 atom stereocenters. The number of anilines is 1. The maximum absolute atomic E-state index is 8.71. The van der Waals surface area contributed by atoms with Crippen molar-refractivity contribution in [1.82, 2.24) is 9.97 Å². The zero-order valence-corrected chi connectivity index (χ0v) is 9.27. The average Bonchev–Trinajstić information content (AvgIpc) is 2.29. The van der Waals surface area contributed by atoms with Gasteiger partial charge in [0, 0.05) is 19.3 Å².